The van der Waals surface area contributed by atoms with Gasteiger partial charge in [-0.3, -0.25) is 9.52 Å². The number of halogens is 2. The van der Waals surface area contributed by atoms with Crippen molar-refractivity contribution < 1.29 is 13.6 Å². The van der Waals surface area contributed by atoms with E-state index in [1.54, 1.807) is 0 Å². The molecule has 1 aromatic carbocycles. The van der Waals surface area contributed by atoms with E-state index in [4.69, 9.17) is 0 Å². The van der Waals surface area contributed by atoms with Crippen molar-refractivity contribution in [2.45, 2.75) is 40.0 Å². The van der Waals surface area contributed by atoms with Crippen LogP contribution in [0.4, 0.5) is 8.78 Å². The molecular formula is C20H25F2NOS. The van der Waals surface area contributed by atoms with Crippen molar-refractivity contribution in [1.29, 1.82) is 0 Å². The minimum Gasteiger partial charge on any atom is -0.297 e. The lowest BCUT2D eigenvalue weighted by Gasteiger charge is -2.41. The van der Waals surface area contributed by atoms with Gasteiger partial charge in [0, 0.05) is 11.8 Å². The van der Waals surface area contributed by atoms with E-state index in [-0.39, 0.29) is 5.91 Å². The van der Waals surface area contributed by atoms with E-state index in [1.165, 1.54) is 49.4 Å². The van der Waals surface area contributed by atoms with E-state index in [1.807, 2.05) is 0 Å². The number of carbonyl (C=O) groups excluding carboxylic acids is 1. The second-order valence-corrected chi connectivity index (χ2v) is 8.79. The molecule has 0 saturated heterocycles. The molecule has 2 nitrogen and oxygen atoms in total. The molecule has 0 aromatic heterocycles. The van der Waals surface area contributed by atoms with Crippen LogP contribution in [0.5, 0.6) is 0 Å². The molecule has 5 heteroatoms. The Balaban J connectivity index is 1.54. The van der Waals surface area contributed by atoms with Crippen LogP contribution in [-0.4, -0.2) is 11.7 Å². The number of amides is 1. The summed E-state index contributed by atoms with van der Waals surface area (Å²) in [6.45, 7) is 7.09. The van der Waals surface area contributed by atoms with Gasteiger partial charge in [-0.1, -0.05) is 26.8 Å². The Morgan fingerprint density at radius 1 is 1.36 bits per heavy atom. The first kappa shape index (κ1) is 18.4. The van der Waals surface area contributed by atoms with Crippen molar-refractivity contribution in [1.82, 2.24) is 4.72 Å². The summed E-state index contributed by atoms with van der Waals surface area (Å²) in [6.07, 6.45) is 6.67. The average molecular weight is 365 g/mol. The number of hydrogen-bond acceptors (Lipinski definition) is 2. The maximum atomic E-state index is 13.2. The molecule has 1 N–H and O–H groups in total. The summed E-state index contributed by atoms with van der Waals surface area (Å²) in [6, 6.07) is 3.57. The van der Waals surface area contributed by atoms with Gasteiger partial charge < -0.3 is 0 Å². The number of rotatable bonds is 5. The van der Waals surface area contributed by atoms with Gasteiger partial charge in [-0.15, -0.1) is 0 Å². The van der Waals surface area contributed by atoms with Crippen molar-refractivity contribution in [3.8, 4) is 0 Å². The highest BCUT2D eigenvalue weighted by molar-refractivity contribution is 7.97. The summed E-state index contributed by atoms with van der Waals surface area (Å²) in [4.78, 5) is 12.0. The molecule has 2 fully saturated rings. The minimum atomic E-state index is -0.913. The third-order valence-electron chi connectivity index (χ3n) is 6.70. The van der Waals surface area contributed by atoms with Gasteiger partial charge in [0.05, 0.1) is 0 Å². The average Bonchev–Trinajstić information content (AvgIpc) is 2.90. The van der Waals surface area contributed by atoms with E-state index >= 15 is 0 Å². The fourth-order valence-corrected chi connectivity index (χ4v) is 6.27. The number of fused-ring (bicyclic) bond motifs is 2. The molecule has 0 radical (unpaired) electrons. The monoisotopic (exact) mass is 365 g/mol. The molecule has 1 unspecified atom stereocenters. The van der Waals surface area contributed by atoms with Crippen LogP contribution in [-0.2, 0) is 4.79 Å². The highest BCUT2D eigenvalue weighted by Crippen LogP contribution is 2.68. The molecule has 1 amide bonds. The Hall–Kier alpha value is -1.36. The van der Waals surface area contributed by atoms with Crippen molar-refractivity contribution in [3.63, 3.8) is 0 Å². The lowest BCUT2D eigenvalue weighted by atomic mass is 9.67. The van der Waals surface area contributed by atoms with Crippen LogP contribution < -0.4 is 4.72 Å². The Morgan fingerprint density at radius 2 is 2.12 bits per heavy atom. The molecule has 0 aliphatic heterocycles. The molecule has 2 saturated carbocycles. The summed E-state index contributed by atoms with van der Waals surface area (Å²) in [5.41, 5.74) is 1.08. The summed E-state index contributed by atoms with van der Waals surface area (Å²) >= 11 is 1.47. The van der Waals surface area contributed by atoms with E-state index in [2.05, 4.69) is 25.5 Å². The van der Waals surface area contributed by atoms with Crippen LogP contribution in [0.1, 0.15) is 45.6 Å². The minimum absolute atomic E-state index is 0.232. The third kappa shape index (κ3) is 3.23. The van der Waals surface area contributed by atoms with Gasteiger partial charge in [0.25, 0.3) is 5.91 Å². The zero-order valence-corrected chi connectivity index (χ0v) is 15.8. The summed E-state index contributed by atoms with van der Waals surface area (Å²) in [5.74, 6) is 0.367. The number of benzene rings is 1. The molecule has 25 heavy (non-hydrogen) atoms. The van der Waals surface area contributed by atoms with Gasteiger partial charge in [0.2, 0.25) is 0 Å². The van der Waals surface area contributed by atoms with E-state index in [0.717, 1.165) is 23.8 Å². The number of hydrogen-bond donors (Lipinski definition) is 1. The van der Waals surface area contributed by atoms with Crippen molar-refractivity contribution in [2.75, 3.05) is 5.75 Å². The van der Waals surface area contributed by atoms with Crippen LogP contribution in [0.15, 0.2) is 24.3 Å². The molecule has 2 aliphatic carbocycles. The van der Waals surface area contributed by atoms with E-state index in [0.29, 0.717) is 22.3 Å². The largest absolute Gasteiger partial charge is 0.297 e. The Morgan fingerprint density at radius 3 is 2.72 bits per heavy atom. The number of carbonyl (C=O) groups is 1. The SMILES string of the molecule is C[C@@H]1CC2CC[C@]1(CSNC(=O)/C=C/c1ccc(F)c(F)c1)C2(C)C. The lowest BCUT2D eigenvalue weighted by Crippen LogP contribution is -2.38. The molecule has 1 aromatic rings. The van der Waals surface area contributed by atoms with Crippen molar-refractivity contribution in [3.05, 3.63) is 41.5 Å². The standard InChI is InChI=1S/C20H25F2NOS/c1-13-10-15-8-9-20(13,19(15,2)3)12-25-23-18(24)7-5-14-4-6-16(21)17(22)11-14/h4-7,11,13,15H,8-10,12H2,1-3H3,(H,23,24)/b7-5+/t13-,15?,20-/m1/s1. The molecule has 0 heterocycles. The normalized spacial score (nSPS) is 30.1. The highest BCUT2D eigenvalue weighted by atomic mass is 32.2. The van der Waals surface area contributed by atoms with Crippen molar-refractivity contribution in [2.24, 2.45) is 22.7 Å². The van der Waals surface area contributed by atoms with Gasteiger partial charge in [-0.2, -0.15) is 0 Å². The Kier molecular flexibility index (Phi) is 4.97. The maximum Gasteiger partial charge on any atom is 0.253 e. The van der Waals surface area contributed by atoms with Gasteiger partial charge in [0.15, 0.2) is 11.6 Å². The highest BCUT2D eigenvalue weighted by Gasteiger charge is 2.62. The fourth-order valence-electron chi connectivity index (χ4n) is 4.93. The smallest absolute Gasteiger partial charge is 0.253 e. The molecule has 2 aliphatic rings. The van der Waals surface area contributed by atoms with Crippen LogP contribution in [0.3, 0.4) is 0 Å². The topological polar surface area (TPSA) is 29.1 Å². The summed E-state index contributed by atoms with van der Waals surface area (Å²) in [5, 5.41) is 0. The zero-order valence-electron chi connectivity index (χ0n) is 14.9. The van der Waals surface area contributed by atoms with Crippen LogP contribution in [0.2, 0.25) is 0 Å². The van der Waals surface area contributed by atoms with Crippen LogP contribution >= 0.6 is 11.9 Å². The molecule has 136 valence electrons. The quantitative estimate of drug-likeness (QED) is 0.574. The number of nitrogens with one attached hydrogen (secondary N) is 1. The molecular weight excluding hydrogens is 340 g/mol. The first-order valence-electron chi connectivity index (χ1n) is 8.81. The van der Waals surface area contributed by atoms with Gasteiger partial charge >= 0.3 is 0 Å². The zero-order chi connectivity index (χ0) is 18.2. The maximum absolute atomic E-state index is 13.2. The molecule has 2 bridgehead atoms. The molecule has 0 spiro atoms. The predicted molar refractivity (Wildman–Crippen MR) is 98.7 cm³/mol. The second-order valence-electron chi connectivity index (χ2n) is 8.01. The Bertz CT molecular complexity index is 703. The predicted octanol–water partition coefficient (Wildman–Crippen LogP) is 5.20. The first-order chi connectivity index (χ1) is 11.8. The van der Waals surface area contributed by atoms with Gasteiger partial charge in [0.1, 0.15) is 0 Å². The Labute approximate surface area is 152 Å². The summed E-state index contributed by atoms with van der Waals surface area (Å²) < 4.78 is 28.9. The second kappa shape index (κ2) is 6.75. The summed E-state index contributed by atoms with van der Waals surface area (Å²) in [7, 11) is 0. The van der Waals surface area contributed by atoms with Gasteiger partial charge in [-0.25, -0.2) is 8.78 Å². The third-order valence-corrected chi connectivity index (χ3v) is 7.70. The van der Waals surface area contributed by atoms with Gasteiger partial charge in [-0.05, 0) is 77.6 Å². The lowest BCUT2D eigenvalue weighted by molar-refractivity contribution is -0.114. The molecule has 3 rings (SSSR count). The van der Waals surface area contributed by atoms with Crippen LogP contribution in [0, 0.1) is 34.3 Å². The first-order valence-corrected chi connectivity index (χ1v) is 9.80. The molecule has 3 atom stereocenters. The van der Waals surface area contributed by atoms with E-state index < -0.39 is 11.6 Å². The van der Waals surface area contributed by atoms with Crippen molar-refractivity contribution >= 4 is 23.9 Å². The van der Waals surface area contributed by atoms with Crippen LogP contribution in [0.25, 0.3) is 6.08 Å². The fraction of sp³-hybridized carbons (Fsp3) is 0.550. The van der Waals surface area contributed by atoms with E-state index in [9.17, 15) is 13.6 Å².